The Hall–Kier alpha value is -2.24. The summed E-state index contributed by atoms with van der Waals surface area (Å²) in [7, 11) is 0. The second-order valence-corrected chi connectivity index (χ2v) is 9.54. The first-order chi connectivity index (χ1) is 14.1. The fraction of sp³-hybridized carbons (Fsp3) is 0.480. The van der Waals surface area contributed by atoms with Gasteiger partial charge < -0.3 is 9.94 Å². The predicted molar refractivity (Wildman–Crippen MR) is 116 cm³/mol. The summed E-state index contributed by atoms with van der Waals surface area (Å²) in [4.78, 5) is 12.6. The monoisotopic (exact) mass is 413 g/mol. The number of carbonyl (C=O) groups excluding carboxylic acids is 1. The molecule has 30 heavy (non-hydrogen) atoms. The summed E-state index contributed by atoms with van der Waals surface area (Å²) >= 11 is 0. The first-order valence-corrected chi connectivity index (χ1v) is 10.6. The van der Waals surface area contributed by atoms with Gasteiger partial charge in [0.15, 0.2) is 0 Å². The zero-order valence-electron chi connectivity index (χ0n) is 18.3. The summed E-state index contributed by atoms with van der Waals surface area (Å²) in [5.41, 5.74) is -0.255. The maximum absolute atomic E-state index is 14.7. The number of benzene rings is 1. The number of esters is 1. The van der Waals surface area contributed by atoms with Crippen LogP contribution in [0.5, 0.6) is 0 Å². The molecule has 1 N–H and O–H groups in total. The van der Waals surface area contributed by atoms with Crippen molar-refractivity contribution in [1.82, 2.24) is 5.06 Å². The molecule has 162 valence electrons. The second-order valence-electron chi connectivity index (χ2n) is 9.54. The smallest absolute Gasteiger partial charge is 0.341 e. The number of piperidine rings is 1. The predicted octanol–water partition coefficient (Wildman–Crippen LogP) is 5.62. The van der Waals surface area contributed by atoms with Crippen molar-refractivity contribution in [3.05, 3.63) is 71.6 Å². The minimum Gasteiger partial charge on any atom is -0.459 e. The molecule has 1 aliphatic heterocycles. The van der Waals surface area contributed by atoms with Crippen molar-refractivity contribution in [2.24, 2.45) is 5.92 Å². The van der Waals surface area contributed by atoms with E-state index in [9.17, 15) is 14.4 Å². The van der Waals surface area contributed by atoms with E-state index in [2.05, 4.69) is 12.2 Å². The molecular weight excluding hydrogens is 381 g/mol. The second kappa shape index (κ2) is 8.86. The molecule has 0 radical (unpaired) electrons. The molecule has 0 atom stereocenters. The Morgan fingerprint density at radius 2 is 1.70 bits per heavy atom. The molecule has 0 unspecified atom stereocenters. The highest BCUT2D eigenvalue weighted by molar-refractivity contribution is 5.89. The number of ether oxygens (including phenoxy) is 1. The number of carbonyl (C=O) groups is 1. The Balaban J connectivity index is 1.62. The lowest BCUT2D eigenvalue weighted by atomic mass is 9.80. The standard InChI is InChI=1S/C25H32FNO3/c1-24(2)16-20(17-25(3,4)27(24)29)30-23(28)21-14-13-19(15-22(21)26)12-11-18-9-7-5-6-8-10-18/h5-10,13-15,18,20,29H,11-12,16-17H2,1-4H3. The van der Waals surface area contributed by atoms with E-state index < -0.39 is 22.9 Å². The zero-order chi connectivity index (χ0) is 21.9. The van der Waals surface area contributed by atoms with Crippen LogP contribution in [0.1, 0.15) is 62.9 Å². The van der Waals surface area contributed by atoms with Crippen LogP contribution < -0.4 is 0 Å². The SMILES string of the molecule is CC1(C)CC(OC(=O)c2ccc(CCC3C=CC=CC=C3)cc2F)CC(C)(C)N1O. The lowest BCUT2D eigenvalue weighted by Crippen LogP contribution is -2.60. The summed E-state index contributed by atoms with van der Waals surface area (Å²) in [5.74, 6) is -0.885. The third-order valence-corrected chi connectivity index (χ3v) is 5.94. The first-order valence-electron chi connectivity index (χ1n) is 10.6. The number of rotatable bonds is 5. The summed E-state index contributed by atoms with van der Waals surface area (Å²) in [5, 5.41) is 11.7. The molecule has 1 saturated heterocycles. The molecule has 0 aromatic heterocycles. The molecule has 1 aromatic carbocycles. The molecule has 1 fully saturated rings. The highest BCUT2D eigenvalue weighted by Gasteiger charge is 2.46. The van der Waals surface area contributed by atoms with Crippen molar-refractivity contribution in [2.75, 3.05) is 0 Å². The van der Waals surface area contributed by atoms with Crippen LogP contribution in [0.4, 0.5) is 4.39 Å². The van der Waals surface area contributed by atoms with Gasteiger partial charge in [-0.15, -0.1) is 0 Å². The van der Waals surface area contributed by atoms with Gasteiger partial charge in [-0.25, -0.2) is 9.18 Å². The zero-order valence-corrected chi connectivity index (χ0v) is 18.3. The first kappa shape index (κ1) is 22.4. The quantitative estimate of drug-likeness (QED) is 0.636. The summed E-state index contributed by atoms with van der Waals surface area (Å²) in [6, 6.07) is 4.75. The van der Waals surface area contributed by atoms with E-state index >= 15 is 0 Å². The third kappa shape index (κ3) is 5.27. The van der Waals surface area contributed by atoms with Crippen molar-refractivity contribution in [2.45, 2.75) is 70.6 Å². The van der Waals surface area contributed by atoms with Crippen molar-refractivity contribution in [3.8, 4) is 0 Å². The van der Waals surface area contributed by atoms with Crippen molar-refractivity contribution in [3.63, 3.8) is 0 Å². The molecule has 1 heterocycles. The largest absolute Gasteiger partial charge is 0.459 e. The normalized spacial score (nSPS) is 21.5. The van der Waals surface area contributed by atoms with Gasteiger partial charge in [-0.3, -0.25) is 0 Å². The molecular formula is C25H32FNO3. The number of halogens is 1. The number of nitrogens with zero attached hydrogens (tertiary/aromatic N) is 1. The molecule has 2 aliphatic rings. The molecule has 3 rings (SSSR count). The number of hydrogen-bond acceptors (Lipinski definition) is 4. The summed E-state index contributed by atoms with van der Waals surface area (Å²) in [6.07, 6.45) is 14.5. The van der Waals surface area contributed by atoms with Gasteiger partial charge in [-0.1, -0.05) is 42.5 Å². The maximum Gasteiger partial charge on any atom is 0.341 e. The van der Waals surface area contributed by atoms with Gasteiger partial charge in [0.1, 0.15) is 11.9 Å². The van der Waals surface area contributed by atoms with Gasteiger partial charge in [0, 0.05) is 23.9 Å². The van der Waals surface area contributed by atoms with E-state index in [4.69, 9.17) is 4.74 Å². The van der Waals surface area contributed by atoms with Crippen LogP contribution in [0, 0.1) is 11.7 Å². The van der Waals surface area contributed by atoms with Crippen molar-refractivity contribution >= 4 is 5.97 Å². The van der Waals surface area contributed by atoms with Crippen LogP contribution in [0.25, 0.3) is 0 Å². The summed E-state index contributed by atoms with van der Waals surface area (Å²) < 4.78 is 20.3. The Kier molecular flexibility index (Phi) is 6.63. The van der Waals surface area contributed by atoms with E-state index in [1.165, 1.54) is 17.2 Å². The van der Waals surface area contributed by atoms with Crippen LogP contribution in [-0.4, -0.2) is 33.4 Å². The molecule has 1 aliphatic carbocycles. The molecule has 0 bridgehead atoms. The number of hydrogen-bond donors (Lipinski definition) is 1. The van der Waals surface area contributed by atoms with E-state index in [0.29, 0.717) is 18.8 Å². The highest BCUT2D eigenvalue weighted by Crippen LogP contribution is 2.38. The highest BCUT2D eigenvalue weighted by atomic mass is 19.1. The van der Waals surface area contributed by atoms with E-state index in [1.807, 2.05) is 52.0 Å². The van der Waals surface area contributed by atoms with Gasteiger partial charge in [0.05, 0.1) is 5.56 Å². The molecule has 4 nitrogen and oxygen atoms in total. The van der Waals surface area contributed by atoms with Gasteiger partial charge in [-0.05, 0) is 64.2 Å². The molecule has 0 spiro atoms. The average Bonchev–Trinajstić information content (AvgIpc) is 2.92. The lowest BCUT2D eigenvalue weighted by Gasteiger charge is -2.50. The Bertz CT molecular complexity index is 835. The average molecular weight is 414 g/mol. The van der Waals surface area contributed by atoms with Gasteiger partial charge >= 0.3 is 5.97 Å². The maximum atomic E-state index is 14.7. The third-order valence-electron chi connectivity index (χ3n) is 5.94. The molecule has 0 amide bonds. The fourth-order valence-corrected chi connectivity index (χ4v) is 4.49. The van der Waals surface area contributed by atoms with Crippen LogP contribution in [0.15, 0.2) is 54.7 Å². The van der Waals surface area contributed by atoms with E-state index in [0.717, 1.165) is 18.4 Å². The van der Waals surface area contributed by atoms with Crippen LogP contribution >= 0.6 is 0 Å². The summed E-state index contributed by atoms with van der Waals surface area (Å²) in [6.45, 7) is 7.61. The molecule has 5 heteroatoms. The topological polar surface area (TPSA) is 49.8 Å². The minimum atomic E-state index is -0.650. The number of hydroxylamine groups is 2. The van der Waals surface area contributed by atoms with Crippen molar-refractivity contribution in [1.29, 1.82) is 0 Å². The Morgan fingerprint density at radius 1 is 1.10 bits per heavy atom. The van der Waals surface area contributed by atoms with Crippen LogP contribution in [-0.2, 0) is 11.2 Å². The van der Waals surface area contributed by atoms with Crippen LogP contribution in [0.3, 0.4) is 0 Å². The molecule has 1 aromatic rings. The van der Waals surface area contributed by atoms with Gasteiger partial charge in [0.25, 0.3) is 0 Å². The number of aryl methyl sites for hydroxylation is 1. The van der Waals surface area contributed by atoms with Gasteiger partial charge in [-0.2, -0.15) is 5.06 Å². The lowest BCUT2D eigenvalue weighted by molar-refractivity contribution is -0.256. The van der Waals surface area contributed by atoms with Crippen LogP contribution in [0.2, 0.25) is 0 Å². The molecule has 0 saturated carbocycles. The van der Waals surface area contributed by atoms with E-state index in [1.54, 1.807) is 6.07 Å². The fourth-order valence-electron chi connectivity index (χ4n) is 4.49. The van der Waals surface area contributed by atoms with E-state index in [-0.39, 0.29) is 11.7 Å². The Labute approximate surface area is 178 Å². The minimum absolute atomic E-state index is 0.0424. The number of allylic oxidation sites excluding steroid dienone is 6. The van der Waals surface area contributed by atoms with Gasteiger partial charge in [0.2, 0.25) is 0 Å². The Morgan fingerprint density at radius 3 is 2.27 bits per heavy atom. The van der Waals surface area contributed by atoms with Crippen molar-refractivity contribution < 1.29 is 19.1 Å².